The molecule has 1 aromatic carbocycles. The first-order chi connectivity index (χ1) is 15.5. The van der Waals surface area contributed by atoms with Gasteiger partial charge in [-0.05, 0) is 38.0 Å². The summed E-state index contributed by atoms with van der Waals surface area (Å²) in [5.74, 6) is 0.814. The van der Waals surface area contributed by atoms with Crippen LogP contribution in [0.3, 0.4) is 0 Å². The van der Waals surface area contributed by atoms with Crippen molar-refractivity contribution < 1.29 is 4.74 Å². The van der Waals surface area contributed by atoms with E-state index in [1.54, 1.807) is 17.4 Å². The summed E-state index contributed by atoms with van der Waals surface area (Å²) in [6, 6.07) is 5.58. The number of nitrogens with one attached hydrogen (secondary N) is 1. The number of rotatable bonds is 8. The van der Waals surface area contributed by atoms with E-state index in [1.165, 1.54) is 0 Å². The van der Waals surface area contributed by atoms with E-state index in [-0.39, 0.29) is 12.1 Å². The van der Waals surface area contributed by atoms with E-state index in [1.807, 2.05) is 30.6 Å². The summed E-state index contributed by atoms with van der Waals surface area (Å²) in [4.78, 5) is 16.7. The molecular weight excluding hydrogens is 465 g/mol. The molecule has 2 aromatic heterocycles. The van der Waals surface area contributed by atoms with Gasteiger partial charge in [-0.3, -0.25) is 0 Å². The van der Waals surface area contributed by atoms with Gasteiger partial charge >= 0.3 is 0 Å². The maximum Gasteiger partial charge on any atom is 0.185 e. The molecule has 1 aliphatic rings. The van der Waals surface area contributed by atoms with Gasteiger partial charge in [-0.25, -0.2) is 15.0 Å². The lowest BCUT2D eigenvalue weighted by molar-refractivity contribution is 0.0719. The molecule has 0 spiro atoms. The number of ether oxygens (including phenoxy) is 1. The summed E-state index contributed by atoms with van der Waals surface area (Å²) >= 11 is 14.2. The third kappa shape index (κ3) is 4.86. The number of aryl methyl sites for hydroxylation is 2. The van der Waals surface area contributed by atoms with Crippen molar-refractivity contribution >= 4 is 45.5 Å². The summed E-state index contributed by atoms with van der Waals surface area (Å²) in [7, 11) is 0. The molecule has 3 aromatic rings. The van der Waals surface area contributed by atoms with Crippen LogP contribution < -0.4 is 10.2 Å². The van der Waals surface area contributed by atoms with Crippen LogP contribution in [-0.4, -0.2) is 46.8 Å². The van der Waals surface area contributed by atoms with Crippen molar-refractivity contribution in [1.29, 1.82) is 0 Å². The van der Waals surface area contributed by atoms with Gasteiger partial charge in [0.2, 0.25) is 0 Å². The molecule has 1 saturated heterocycles. The molecule has 170 valence electrons. The summed E-state index contributed by atoms with van der Waals surface area (Å²) in [6.07, 6.45) is 3.38. The fourth-order valence-electron chi connectivity index (χ4n) is 4.01. The van der Waals surface area contributed by atoms with E-state index >= 15 is 0 Å². The molecular formula is C23H27Cl2N5OS. The Hall–Kier alpha value is -1.93. The van der Waals surface area contributed by atoms with Crippen molar-refractivity contribution in [3.8, 4) is 11.3 Å². The molecule has 1 N–H and O–H groups in total. The van der Waals surface area contributed by atoms with Gasteiger partial charge in [0.25, 0.3) is 0 Å². The minimum absolute atomic E-state index is 0.0471. The number of halogens is 2. The second-order valence-electron chi connectivity index (χ2n) is 7.61. The molecule has 2 atom stereocenters. The zero-order valence-electron chi connectivity index (χ0n) is 18.4. The molecule has 9 heteroatoms. The predicted molar refractivity (Wildman–Crippen MR) is 133 cm³/mol. The van der Waals surface area contributed by atoms with E-state index < -0.39 is 0 Å². The number of aromatic nitrogens is 3. The lowest BCUT2D eigenvalue weighted by Gasteiger charge is -2.22. The van der Waals surface area contributed by atoms with Crippen molar-refractivity contribution in [2.24, 2.45) is 0 Å². The predicted octanol–water partition coefficient (Wildman–Crippen LogP) is 5.74. The van der Waals surface area contributed by atoms with Gasteiger partial charge in [0.05, 0.1) is 34.3 Å². The number of anilines is 2. The van der Waals surface area contributed by atoms with Crippen LogP contribution in [0.4, 0.5) is 10.9 Å². The smallest absolute Gasteiger partial charge is 0.185 e. The maximum atomic E-state index is 6.49. The van der Waals surface area contributed by atoms with Crippen molar-refractivity contribution in [2.45, 2.75) is 45.8 Å². The van der Waals surface area contributed by atoms with Gasteiger partial charge in [-0.15, -0.1) is 11.3 Å². The Morgan fingerprint density at radius 1 is 1.12 bits per heavy atom. The zero-order valence-corrected chi connectivity index (χ0v) is 20.8. The Labute approximate surface area is 203 Å². The number of hydrogen-bond acceptors (Lipinski definition) is 7. The van der Waals surface area contributed by atoms with Crippen LogP contribution in [-0.2, 0) is 17.6 Å². The van der Waals surface area contributed by atoms with Crippen molar-refractivity contribution in [3.05, 3.63) is 51.2 Å². The van der Waals surface area contributed by atoms with Crippen molar-refractivity contribution in [3.63, 3.8) is 0 Å². The number of nitrogens with zero attached hydrogens (tertiary/aromatic N) is 4. The Balaban J connectivity index is 1.65. The van der Waals surface area contributed by atoms with E-state index in [9.17, 15) is 0 Å². The molecule has 0 aliphatic carbocycles. The third-order valence-electron chi connectivity index (χ3n) is 5.56. The second-order valence-corrected chi connectivity index (χ2v) is 9.33. The van der Waals surface area contributed by atoms with Crippen molar-refractivity contribution in [1.82, 2.24) is 15.0 Å². The van der Waals surface area contributed by atoms with Crippen LogP contribution in [0.2, 0.25) is 10.0 Å². The SMILES string of the molecule is CCO[C@@H]1CN(c2nccs2)C[C@H]1Nc1nc(CC)c(-c2ccc(Cl)cc2Cl)nc1CC. The Kier molecular flexibility index (Phi) is 7.51. The molecule has 0 unspecified atom stereocenters. The average molecular weight is 492 g/mol. The Bertz CT molecular complexity index is 1060. The van der Waals surface area contributed by atoms with Crippen LogP contribution in [0.5, 0.6) is 0 Å². The molecule has 0 saturated carbocycles. The second kappa shape index (κ2) is 10.3. The summed E-state index contributed by atoms with van der Waals surface area (Å²) < 4.78 is 6.06. The highest BCUT2D eigenvalue weighted by molar-refractivity contribution is 7.13. The fourth-order valence-corrected chi connectivity index (χ4v) is 5.17. The topological polar surface area (TPSA) is 63.2 Å². The molecule has 0 bridgehead atoms. The Morgan fingerprint density at radius 3 is 2.59 bits per heavy atom. The number of thiazole rings is 1. The summed E-state index contributed by atoms with van der Waals surface area (Å²) in [5, 5.41) is 7.85. The van der Waals surface area contributed by atoms with Gasteiger partial charge in [0.15, 0.2) is 5.13 Å². The zero-order chi connectivity index (χ0) is 22.7. The average Bonchev–Trinajstić information content (AvgIpc) is 3.44. The van der Waals surface area contributed by atoms with Crippen LogP contribution in [0.25, 0.3) is 11.3 Å². The van der Waals surface area contributed by atoms with Crippen LogP contribution >= 0.6 is 34.5 Å². The first-order valence-electron chi connectivity index (χ1n) is 10.9. The Morgan fingerprint density at radius 2 is 1.94 bits per heavy atom. The molecule has 1 fully saturated rings. The molecule has 0 amide bonds. The van der Waals surface area contributed by atoms with E-state index in [0.29, 0.717) is 16.7 Å². The minimum Gasteiger partial charge on any atom is -0.374 e. The summed E-state index contributed by atoms with van der Waals surface area (Å²) in [5.41, 5.74) is 3.47. The van der Waals surface area contributed by atoms with Crippen molar-refractivity contribution in [2.75, 3.05) is 29.9 Å². The number of benzene rings is 1. The molecule has 1 aliphatic heterocycles. The highest BCUT2D eigenvalue weighted by atomic mass is 35.5. The standard InChI is InChI=1S/C23H27Cl2N5OS/c1-4-17-21(15-8-7-14(24)11-16(15)25)27-18(5-2)22(28-17)29-19-12-30(13-20(19)31-6-3)23-26-9-10-32-23/h7-11,19-20H,4-6,12-13H2,1-3H3,(H,28,29)/t19-,20-/m1/s1. The fraction of sp³-hybridized carbons (Fsp3) is 0.435. The van der Waals surface area contributed by atoms with Gasteiger partial charge in [0.1, 0.15) is 5.82 Å². The minimum atomic E-state index is 0.0471. The third-order valence-corrected chi connectivity index (χ3v) is 6.94. The van der Waals surface area contributed by atoms with Crippen LogP contribution in [0, 0.1) is 0 Å². The first-order valence-corrected chi connectivity index (χ1v) is 12.5. The van der Waals surface area contributed by atoms with Gasteiger partial charge in [-0.1, -0.05) is 37.0 Å². The maximum absolute atomic E-state index is 6.49. The normalized spacial score (nSPS) is 18.3. The van der Waals surface area contributed by atoms with Gasteiger partial charge < -0.3 is 15.0 Å². The summed E-state index contributed by atoms with van der Waals surface area (Å²) in [6.45, 7) is 8.46. The lowest BCUT2D eigenvalue weighted by Crippen LogP contribution is -2.35. The highest BCUT2D eigenvalue weighted by Crippen LogP contribution is 2.33. The van der Waals surface area contributed by atoms with Crippen LogP contribution in [0.15, 0.2) is 29.8 Å². The number of hydrogen-bond donors (Lipinski definition) is 1. The van der Waals surface area contributed by atoms with E-state index in [0.717, 1.165) is 59.5 Å². The lowest BCUT2D eigenvalue weighted by atomic mass is 10.1. The molecule has 32 heavy (non-hydrogen) atoms. The van der Waals surface area contributed by atoms with E-state index in [2.05, 4.69) is 29.0 Å². The molecule has 3 heterocycles. The molecule has 4 rings (SSSR count). The quantitative estimate of drug-likeness (QED) is 0.433. The van der Waals surface area contributed by atoms with Gasteiger partial charge in [0, 0.05) is 41.9 Å². The first kappa shape index (κ1) is 23.2. The monoisotopic (exact) mass is 491 g/mol. The van der Waals surface area contributed by atoms with Gasteiger partial charge in [-0.2, -0.15) is 0 Å². The molecule has 6 nitrogen and oxygen atoms in total. The molecule has 0 radical (unpaired) electrons. The van der Waals surface area contributed by atoms with E-state index in [4.69, 9.17) is 37.9 Å². The highest BCUT2D eigenvalue weighted by Gasteiger charge is 2.35. The van der Waals surface area contributed by atoms with Crippen LogP contribution in [0.1, 0.15) is 32.2 Å². The largest absolute Gasteiger partial charge is 0.374 e.